The molecule has 0 aromatic heterocycles. The maximum Gasteiger partial charge on any atom is 0.295 e. The average molecular weight is 514 g/mol. The lowest BCUT2D eigenvalue weighted by atomic mass is 9.94. The van der Waals surface area contributed by atoms with Crippen LogP contribution in [0.2, 0.25) is 0 Å². The van der Waals surface area contributed by atoms with Crippen molar-refractivity contribution in [2.45, 2.75) is 38.5 Å². The van der Waals surface area contributed by atoms with E-state index >= 15 is 0 Å². The molecular weight excluding hydrogens is 482 g/mol. The second kappa shape index (κ2) is 11.1. The molecule has 1 amide bonds. The SMILES string of the molecule is COCCCN1C(=O)C(=O)/C(=C(/O)c2ccc3c(c2)C[C@H](C)O3)[C@@H]1c1cccc(OCc2ccccc2)c1. The Balaban J connectivity index is 1.52. The third-order valence-electron chi connectivity index (χ3n) is 6.88. The molecule has 196 valence electrons. The van der Waals surface area contributed by atoms with Gasteiger partial charge in [-0.15, -0.1) is 0 Å². The topological polar surface area (TPSA) is 85.3 Å². The number of ether oxygens (including phenoxy) is 3. The molecule has 3 aromatic carbocycles. The predicted molar refractivity (Wildman–Crippen MR) is 143 cm³/mol. The number of benzene rings is 3. The minimum atomic E-state index is -0.754. The Morgan fingerprint density at radius 3 is 2.66 bits per heavy atom. The number of amides is 1. The number of fused-ring (bicyclic) bond motifs is 1. The van der Waals surface area contributed by atoms with Gasteiger partial charge < -0.3 is 24.2 Å². The number of Topliss-reactive ketones (excluding diaryl/α,β-unsaturated/α-hetero) is 1. The van der Waals surface area contributed by atoms with Crippen molar-refractivity contribution >= 4 is 17.4 Å². The van der Waals surface area contributed by atoms with Crippen LogP contribution in [-0.4, -0.2) is 48.1 Å². The van der Waals surface area contributed by atoms with Crippen molar-refractivity contribution < 1.29 is 28.9 Å². The van der Waals surface area contributed by atoms with Gasteiger partial charge in [-0.2, -0.15) is 0 Å². The molecule has 2 atom stereocenters. The molecule has 0 radical (unpaired) electrons. The summed E-state index contributed by atoms with van der Waals surface area (Å²) >= 11 is 0. The number of aliphatic hydroxyl groups is 1. The summed E-state index contributed by atoms with van der Waals surface area (Å²) in [5.41, 5.74) is 3.23. The second-order valence-corrected chi connectivity index (χ2v) is 9.64. The number of carbonyl (C=O) groups is 2. The largest absolute Gasteiger partial charge is 0.507 e. The maximum absolute atomic E-state index is 13.3. The van der Waals surface area contributed by atoms with Crippen LogP contribution >= 0.6 is 0 Å². The highest BCUT2D eigenvalue weighted by atomic mass is 16.5. The van der Waals surface area contributed by atoms with Gasteiger partial charge in [-0.1, -0.05) is 42.5 Å². The molecule has 0 spiro atoms. The molecule has 2 aliphatic rings. The lowest BCUT2D eigenvalue weighted by Crippen LogP contribution is -2.31. The van der Waals surface area contributed by atoms with E-state index in [1.54, 1.807) is 19.2 Å². The van der Waals surface area contributed by atoms with Crippen molar-refractivity contribution in [3.8, 4) is 11.5 Å². The van der Waals surface area contributed by atoms with Gasteiger partial charge in [0, 0.05) is 32.2 Å². The van der Waals surface area contributed by atoms with Crippen LogP contribution in [0.5, 0.6) is 11.5 Å². The van der Waals surface area contributed by atoms with Crippen molar-refractivity contribution in [2.75, 3.05) is 20.3 Å². The van der Waals surface area contributed by atoms with Gasteiger partial charge in [-0.3, -0.25) is 9.59 Å². The van der Waals surface area contributed by atoms with Gasteiger partial charge in [-0.25, -0.2) is 0 Å². The van der Waals surface area contributed by atoms with Gasteiger partial charge >= 0.3 is 0 Å². The lowest BCUT2D eigenvalue weighted by Gasteiger charge is -2.25. The van der Waals surface area contributed by atoms with E-state index in [0.29, 0.717) is 49.5 Å². The van der Waals surface area contributed by atoms with E-state index in [4.69, 9.17) is 14.2 Å². The molecule has 2 aliphatic heterocycles. The molecule has 38 heavy (non-hydrogen) atoms. The Kier molecular flexibility index (Phi) is 7.47. The van der Waals surface area contributed by atoms with Gasteiger partial charge in [0.15, 0.2) is 0 Å². The van der Waals surface area contributed by atoms with Crippen LogP contribution in [0.1, 0.15) is 41.6 Å². The Morgan fingerprint density at radius 1 is 1.05 bits per heavy atom. The molecule has 7 nitrogen and oxygen atoms in total. The van der Waals surface area contributed by atoms with E-state index < -0.39 is 17.7 Å². The Bertz CT molecular complexity index is 1370. The molecule has 3 aromatic rings. The summed E-state index contributed by atoms with van der Waals surface area (Å²) in [7, 11) is 1.59. The minimum Gasteiger partial charge on any atom is -0.507 e. The minimum absolute atomic E-state index is 0.0485. The van der Waals surface area contributed by atoms with Crippen molar-refractivity contribution in [1.82, 2.24) is 4.90 Å². The van der Waals surface area contributed by atoms with E-state index in [9.17, 15) is 14.7 Å². The molecule has 1 N–H and O–H groups in total. The Labute approximate surface area is 222 Å². The molecule has 0 saturated carbocycles. The van der Waals surface area contributed by atoms with Crippen molar-refractivity contribution in [3.63, 3.8) is 0 Å². The fourth-order valence-corrected chi connectivity index (χ4v) is 5.08. The number of rotatable bonds is 9. The number of methoxy groups -OCH3 is 1. The van der Waals surface area contributed by atoms with Crippen molar-refractivity contribution in [1.29, 1.82) is 0 Å². The van der Waals surface area contributed by atoms with E-state index in [2.05, 4.69) is 0 Å². The fourth-order valence-electron chi connectivity index (χ4n) is 5.08. The maximum atomic E-state index is 13.3. The first-order chi connectivity index (χ1) is 18.5. The summed E-state index contributed by atoms with van der Waals surface area (Å²) < 4.78 is 17.0. The van der Waals surface area contributed by atoms with Crippen LogP contribution < -0.4 is 9.47 Å². The van der Waals surface area contributed by atoms with E-state index in [1.165, 1.54) is 4.90 Å². The van der Waals surface area contributed by atoms with Crippen molar-refractivity contribution in [3.05, 3.63) is 101 Å². The first kappa shape index (κ1) is 25.5. The zero-order valence-electron chi connectivity index (χ0n) is 21.6. The molecule has 1 saturated heterocycles. The van der Waals surface area contributed by atoms with Crippen LogP contribution in [-0.2, 0) is 27.4 Å². The molecule has 7 heteroatoms. The quantitative estimate of drug-likeness (QED) is 0.187. The summed E-state index contributed by atoms with van der Waals surface area (Å²) in [6.45, 7) is 3.12. The highest BCUT2D eigenvalue weighted by Gasteiger charge is 2.46. The van der Waals surface area contributed by atoms with Crippen molar-refractivity contribution in [2.24, 2.45) is 0 Å². The summed E-state index contributed by atoms with van der Waals surface area (Å²) in [6.07, 6.45) is 1.32. The van der Waals surface area contributed by atoms with Crippen LogP contribution in [0.15, 0.2) is 78.4 Å². The number of nitrogens with zero attached hydrogens (tertiary/aromatic N) is 1. The van der Waals surface area contributed by atoms with Gasteiger partial charge in [-0.05, 0) is 60.4 Å². The predicted octanol–water partition coefficient (Wildman–Crippen LogP) is 5.05. The molecule has 0 bridgehead atoms. The first-order valence-corrected chi connectivity index (χ1v) is 12.8. The van der Waals surface area contributed by atoms with Gasteiger partial charge in [0.1, 0.15) is 30.0 Å². The Hall–Kier alpha value is -4.10. The number of hydrogen-bond acceptors (Lipinski definition) is 6. The second-order valence-electron chi connectivity index (χ2n) is 9.64. The summed E-state index contributed by atoms with van der Waals surface area (Å²) in [4.78, 5) is 28.0. The highest BCUT2D eigenvalue weighted by molar-refractivity contribution is 6.46. The smallest absolute Gasteiger partial charge is 0.295 e. The molecule has 0 aliphatic carbocycles. The monoisotopic (exact) mass is 513 g/mol. The molecule has 2 heterocycles. The fraction of sp³-hybridized carbons (Fsp3) is 0.290. The van der Waals surface area contributed by atoms with Crippen LogP contribution in [0.4, 0.5) is 0 Å². The highest BCUT2D eigenvalue weighted by Crippen LogP contribution is 2.41. The van der Waals surface area contributed by atoms with Crippen LogP contribution in [0.3, 0.4) is 0 Å². The first-order valence-electron chi connectivity index (χ1n) is 12.8. The summed E-state index contributed by atoms with van der Waals surface area (Å²) in [5.74, 6) is -0.154. The molecule has 5 rings (SSSR count). The lowest BCUT2D eigenvalue weighted by molar-refractivity contribution is -0.140. The number of hydrogen-bond donors (Lipinski definition) is 1. The van der Waals surface area contributed by atoms with Crippen LogP contribution in [0, 0.1) is 0 Å². The normalized spacial score (nSPS) is 19.9. The molecule has 1 fully saturated rings. The Morgan fingerprint density at radius 2 is 1.87 bits per heavy atom. The standard InChI is InChI=1S/C31H31NO6/c1-20-16-24-17-23(12-13-26(24)38-20)29(33)27-28(32(14-7-15-36-2)31(35)30(27)34)22-10-6-11-25(18-22)37-19-21-8-4-3-5-9-21/h3-6,8-13,17-18,20,28,33H,7,14-16,19H2,1-2H3/b29-27+/t20-,28-/m0/s1. The average Bonchev–Trinajstić information content (AvgIpc) is 3.43. The van der Waals surface area contributed by atoms with E-state index in [-0.39, 0.29) is 17.4 Å². The number of carbonyl (C=O) groups excluding carboxylic acids is 2. The number of aliphatic hydroxyl groups excluding tert-OH is 1. The number of ketones is 1. The zero-order valence-corrected chi connectivity index (χ0v) is 21.6. The summed E-state index contributed by atoms with van der Waals surface area (Å²) in [6, 6.07) is 21.8. The summed E-state index contributed by atoms with van der Waals surface area (Å²) in [5, 5.41) is 11.4. The van der Waals surface area contributed by atoms with Gasteiger partial charge in [0.2, 0.25) is 0 Å². The number of likely N-dealkylation sites (tertiary alicyclic amines) is 1. The molecule has 0 unspecified atom stereocenters. The van der Waals surface area contributed by atoms with E-state index in [0.717, 1.165) is 16.9 Å². The van der Waals surface area contributed by atoms with E-state index in [1.807, 2.05) is 67.6 Å². The molecular formula is C31H31NO6. The van der Waals surface area contributed by atoms with Gasteiger partial charge in [0.05, 0.1) is 11.6 Å². The van der Waals surface area contributed by atoms with Gasteiger partial charge in [0.25, 0.3) is 11.7 Å². The third kappa shape index (κ3) is 5.15. The van der Waals surface area contributed by atoms with Crippen LogP contribution in [0.25, 0.3) is 5.76 Å². The zero-order chi connectivity index (χ0) is 26.6. The third-order valence-corrected chi connectivity index (χ3v) is 6.88.